The van der Waals surface area contributed by atoms with Gasteiger partial charge in [0.2, 0.25) is 5.91 Å². The highest BCUT2D eigenvalue weighted by molar-refractivity contribution is 7.99. The van der Waals surface area contributed by atoms with E-state index in [1.54, 1.807) is 0 Å². The quantitative estimate of drug-likeness (QED) is 0.757. The zero-order valence-corrected chi connectivity index (χ0v) is 15.6. The number of amides is 1. The summed E-state index contributed by atoms with van der Waals surface area (Å²) in [5.74, 6) is 2.23. The van der Waals surface area contributed by atoms with E-state index in [0.717, 1.165) is 57.1 Å². The van der Waals surface area contributed by atoms with Crippen molar-refractivity contribution in [3.05, 3.63) is 29.3 Å². The molecule has 5 heteroatoms. The molecule has 0 N–H and O–H groups in total. The lowest BCUT2D eigenvalue weighted by molar-refractivity contribution is -0.132. The molecule has 0 aliphatic carbocycles. The lowest BCUT2D eigenvalue weighted by atomic mass is 10.1. The summed E-state index contributed by atoms with van der Waals surface area (Å²) in [5, 5.41) is 0.161. The number of carbonyl (C=O) groups is 1. The molecule has 0 radical (unpaired) electrons. The Bertz CT molecular complexity index is 574. The van der Waals surface area contributed by atoms with Gasteiger partial charge in [0.25, 0.3) is 0 Å². The molecule has 1 fully saturated rings. The lowest BCUT2D eigenvalue weighted by Gasteiger charge is -2.36. The predicted molar refractivity (Wildman–Crippen MR) is 99.6 cm³/mol. The maximum atomic E-state index is 12.5. The molecule has 1 amide bonds. The molecule has 0 saturated carbocycles. The van der Waals surface area contributed by atoms with Gasteiger partial charge in [-0.3, -0.25) is 4.79 Å². The smallest absolute Gasteiger partial charge is 0.224 e. The first-order valence-corrected chi connectivity index (χ1v) is 10.2. The molecule has 1 unspecified atom stereocenters. The number of hydrogen-bond donors (Lipinski definition) is 0. The monoisotopic (exact) mass is 348 g/mol. The molecule has 0 spiro atoms. The molecule has 4 nitrogen and oxygen atoms in total. The molecular weight excluding hydrogens is 320 g/mol. The molecule has 3 rings (SSSR count). The summed E-state index contributed by atoms with van der Waals surface area (Å²) in [5.41, 5.74) is 2.54. The van der Waals surface area contributed by atoms with Crippen molar-refractivity contribution >= 4 is 17.7 Å². The van der Waals surface area contributed by atoms with Gasteiger partial charge in [0.05, 0.1) is 6.61 Å². The highest BCUT2D eigenvalue weighted by Gasteiger charge is 2.30. The van der Waals surface area contributed by atoms with Crippen LogP contribution in [0.15, 0.2) is 18.2 Å². The van der Waals surface area contributed by atoms with Crippen LogP contribution in [0, 0.1) is 0 Å². The van der Waals surface area contributed by atoms with Gasteiger partial charge in [-0.2, -0.15) is 0 Å². The topological polar surface area (TPSA) is 32.8 Å². The molecule has 2 aliphatic rings. The number of nitrogens with zero attached hydrogens (tertiary/aromatic N) is 2. The van der Waals surface area contributed by atoms with E-state index >= 15 is 0 Å². The maximum Gasteiger partial charge on any atom is 0.224 e. The number of hydrogen-bond acceptors (Lipinski definition) is 4. The maximum absolute atomic E-state index is 12.5. The van der Waals surface area contributed by atoms with Gasteiger partial charge in [-0.1, -0.05) is 19.9 Å². The van der Waals surface area contributed by atoms with Crippen molar-refractivity contribution < 1.29 is 9.53 Å². The Morgan fingerprint density at radius 1 is 1.29 bits per heavy atom. The van der Waals surface area contributed by atoms with Gasteiger partial charge in [0.1, 0.15) is 11.1 Å². The standard InChI is InChI=1S/C19H28N2O2S/c1-3-20(4-2)10-5-11-21-18(22)9-13-24-19(21)16-6-7-17-15(14-16)8-12-23-17/h6-7,14,19H,3-5,8-13H2,1-2H3. The zero-order chi connectivity index (χ0) is 16.9. The highest BCUT2D eigenvalue weighted by Crippen LogP contribution is 2.39. The predicted octanol–water partition coefficient (Wildman–Crippen LogP) is 3.32. The largest absolute Gasteiger partial charge is 0.493 e. The molecule has 0 aromatic heterocycles. The van der Waals surface area contributed by atoms with Gasteiger partial charge in [-0.25, -0.2) is 0 Å². The first-order chi connectivity index (χ1) is 11.7. The summed E-state index contributed by atoms with van der Waals surface area (Å²) >= 11 is 1.89. The van der Waals surface area contributed by atoms with Gasteiger partial charge in [0.15, 0.2) is 0 Å². The second-order valence-corrected chi connectivity index (χ2v) is 7.59. The Hall–Kier alpha value is -1.20. The van der Waals surface area contributed by atoms with Crippen molar-refractivity contribution in [3.63, 3.8) is 0 Å². The van der Waals surface area contributed by atoms with Crippen molar-refractivity contribution in [1.29, 1.82) is 0 Å². The van der Waals surface area contributed by atoms with Crippen molar-refractivity contribution in [2.45, 2.75) is 38.5 Å². The van der Waals surface area contributed by atoms with Crippen LogP contribution in [0.4, 0.5) is 0 Å². The molecule has 2 aliphatic heterocycles. The molecular formula is C19H28N2O2S. The summed E-state index contributed by atoms with van der Waals surface area (Å²) in [6.07, 6.45) is 2.69. The van der Waals surface area contributed by atoms with Crippen LogP contribution in [0.5, 0.6) is 5.75 Å². The number of rotatable bonds is 7. The van der Waals surface area contributed by atoms with Crippen LogP contribution < -0.4 is 4.74 Å². The number of thioether (sulfide) groups is 1. The van der Waals surface area contributed by atoms with E-state index in [2.05, 4.69) is 41.8 Å². The Morgan fingerprint density at radius 2 is 2.12 bits per heavy atom. The van der Waals surface area contributed by atoms with E-state index in [4.69, 9.17) is 4.74 Å². The molecule has 132 valence electrons. The SMILES string of the molecule is CCN(CC)CCCN1C(=O)CCSC1c1ccc2c(c1)CCO2. The summed E-state index contributed by atoms with van der Waals surface area (Å²) in [7, 11) is 0. The number of ether oxygens (including phenoxy) is 1. The summed E-state index contributed by atoms with van der Waals surface area (Å²) in [6.45, 7) is 9.23. The van der Waals surface area contributed by atoms with E-state index in [1.807, 2.05) is 11.8 Å². The Morgan fingerprint density at radius 3 is 2.92 bits per heavy atom. The van der Waals surface area contributed by atoms with Gasteiger partial charge < -0.3 is 14.5 Å². The van der Waals surface area contributed by atoms with E-state index in [9.17, 15) is 4.79 Å². The fraction of sp³-hybridized carbons (Fsp3) is 0.632. The average molecular weight is 349 g/mol. The molecule has 1 saturated heterocycles. The van der Waals surface area contributed by atoms with Gasteiger partial charge in [0, 0.05) is 25.1 Å². The van der Waals surface area contributed by atoms with Crippen molar-refractivity contribution in [1.82, 2.24) is 9.80 Å². The number of carbonyl (C=O) groups excluding carboxylic acids is 1. The summed E-state index contributed by atoms with van der Waals surface area (Å²) in [4.78, 5) is 17.0. The first-order valence-electron chi connectivity index (χ1n) is 9.12. The molecule has 0 bridgehead atoms. The average Bonchev–Trinajstić information content (AvgIpc) is 3.07. The number of fused-ring (bicyclic) bond motifs is 1. The van der Waals surface area contributed by atoms with E-state index in [-0.39, 0.29) is 5.37 Å². The minimum atomic E-state index is 0.161. The van der Waals surface area contributed by atoms with E-state index in [1.165, 1.54) is 11.1 Å². The van der Waals surface area contributed by atoms with Crippen LogP contribution in [-0.4, -0.2) is 54.2 Å². The molecule has 1 aromatic carbocycles. The number of benzene rings is 1. The summed E-state index contributed by atoms with van der Waals surface area (Å²) < 4.78 is 5.61. The van der Waals surface area contributed by atoms with Gasteiger partial charge in [-0.05, 0) is 49.3 Å². The minimum absolute atomic E-state index is 0.161. The molecule has 2 heterocycles. The molecule has 1 atom stereocenters. The second kappa shape index (κ2) is 8.26. The third-order valence-corrected chi connectivity index (χ3v) is 6.24. The molecule has 24 heavy (non-hydrogen) atoms. The fourth-order valence-corrected chi connectivity index (χ4v) is 4.76. The molecule has 1 aromatic rings. The van der Waals surface area contributed by atoms with Gasteiger partial charge in [-0.15, -0.1) is 11.8 Å². The van der Waals surface area contributed by atoms with Crippen LogP contribution >= 0.6 is 11.8 Å². The van der Waals surface area contributed by atoms with Gasteiger partial charge >= 0.3 is 0 Å². The highest BCUT2D eigenvalue weighted by atomic mass is 32.2. The van der Waals surface area contributed by atoms with Crippen LogP contribution in [0.2, 0.25) is 0 Å². The second-order valence-electron chi connectivity index (χ2n) is 6.41. The summed E-state index contributed by atoms with van der Waals surface area (Å²) in [6, 6.07) is 6.46. The van der Waals surface area contributed by atoms with Crippen molar-refractivity contribution in [3.8, 4) is 5.75 Å². The van der Waals surface area contributed by atoms with E-state index < -0.39 is 0 Å². The Balaban J connectivity index is 1.69. The van der Waals surface area contributed by atoms with Crippen LogP contribution in [-0.2, 0) is 11.2 Å². The van der Waals surface area contributed by atoms with Crippen LogP contribution in [0.3, 0.4) is 0 Å². The first kappa shape index (κ1) is 17.6. The third kappa shape index (κ3) is 3.89. The zero-order valence-electron chi connectivity index (χ0n) is 14.8. The van der Waals surface area contributed by atoms with Crippen molar-refractivity contribution in [2.75, 3.05) is 38.5 Å². The Kier molecular flexibility index (Phi) is 6.06. The van der Waals surface area contributed by atoms with Crippen LogP contribution in [0.1, 0.15) is 43.2 Å². The van der Waals surface area contributed by atoms with Crippen molar-refractivity contribution in [2.24, 2.45) is 0 Å². The van der Waals surface area contributed by atoms with E-state index in [0.29, 0.717) is 12.3 Å². The van der Waals surface area contributed by atoms with Crippen LogP contribution in [0.25, 0.3) is 0 Å². The minimum Gasteiger partial charge on any atom is -0.493 e. The lowest BCUT2D eigenvalue weighted by Crippen LogP contribution is -2.39. The Labute approximate surface area is 149 Å². The normalized spacial score (nSPS) is 20.4. The fourth-order valence-electron chi connectivity index (χ4n) is 3.50. The third-order valence-electron chi connectivity index (χ3n) is 4.96.